The molecule has 0 saturated heterocycles. The number of hydrogen-bond donors (Lipinski definition) is 0. The number of rotatable bonds is 2. The maximum absolute atomic E-state index is 13.0. The lowest BCUT2D eigenvalue weighted by atomic mass is 10.3. The molecule has 0 unspecified atom stereocenters. The predicted molar refractivity (Wildman–Crippen MR) is 53.3 cm³/mol. The van der Waals surface area contributed by atoms with Crippen molar-refractivity contribution in [1.29, 1.82) is 0 Å². The van der Waals surface area contributed by atoms with Crippen molar-refractivity contribution in [2.24, 2.45) is 0 Å². The first kappa shape index (κ1) is 8.59. The fourth-order valence-electron chi connectivity index (χ4n) is 1.57. The fourth-order valence-corrected chi connectivity index (χ4v) is 1.57. The van der Waals surface area contributed by atoms with Gasteiger partial charge >= 0.3 is 0 Å². The number of nitrogens with zero attached hydrogens (tertiary/aromatic N) is 3. The van der Waals surface area contributed by atoms with Gasteiger partial charge in [0.25, 0.3) is 0 Å². The van der Waals surface area contributed by atoms with Crippen LogP contribution in [0.5, 0.6) is 0 Å². The summed E-state index contributed by atoms with van der Waals surface area (Å²) >= 11 is 0. The summed E-state index contributed by atoms with van der Waals surface area (Å²) in [7, 11) is 0. The molecule has 1 saturated carbocycles. The van der Waals surface area contributed by atoms with Crippen LogP contribution in [0.1, 0.15) is 24.5 Å². The highest BCUT2D eigenvalue weighted by atomic mass is 19.1. The molecule has 1 aromatic heterocycles. The van der Waals surface area contributed by atoms with Crippen LogP contribution < -0.4 is 0 Å². The van der Waals surface area contributed by atoms with E-state index >= 15 is 0 Å². The van der Waals surface area contributed by atoms with E-state index in [1.807, 2.05) is 0 Å². The van der Waals surface area contributed by atoms with Gasteiger partial charge in [-0.1, -0.05) is 6.07 Å². The van der Waals surface area contributed by atoms with Crippen molar-refractivity contribution >= 4 is 0 Å². The molecule has 4 heteroatoms. The zero-order chi connectivity index (χ0) is 10.3. The van der Waals surface area contributed by atoms with E-state index in [1.54, 1.807) is 18.3 Å². The van der Waals surface area contributed by atoms with Crippen LogP contribution in [0.15, 0.2) is 30.5 Å². The Morgan fingerprint density at radius 2 is 2.20 bits per heavy atom. The number of hydrogen-bond acceptors (Lipinski definition) is 2. The van der Waals surface area contributed by atoms with E-state index in [4.69, 9.17) is 0 Å². The van der Waals surface area contributed by atoms with Crippen LogP contribution in [0.2, 0.25) is 0 Å². The van der Waals surface area contributed by atoms with Crippen molar-refractivity contribution in [3.05, 3.63) is 42.0 Å². The Morgan fingerprint density at radius 3 is 2.93 bits per heavy atom. The van der Waals surface area contributed by atoms with Gasteiger partial charge in [-0.2, -0.15) is 15.0 Å². The van der Waals surface area contributed by atoms with Crippen LogP contribution in [-0.2, 0) is 0 Å². The van der Waals surface area contributed by atoms with E-state index in [9.17, 15) is 4.39 Å². The van der Waals surface area contributed by atoms with Gasteiger partial charge in [0, 0.05) is 12.0 Å². The normalized spacial score (nSPS) is 15.5. The molecule has 1 aliphatic rings. The summed E-state index contributed by atoms with van der Waals surface area (Å²) in [5.41, 5.74) is 1.68. The van der Waals surface area contributed by atoms with Crippen LogP contribution >= 0.6 is 0 Å². The van der Waals surface area contributed by atoms with Crippen LogP contribution in [0.25, 0.3) is 5.69 Å². The SMILES string of the molecule is Fc1cccc(-n2ncc(C3CC3)n2)c1. The third-order valence-electron chi connectivity index (χ3n) is 2.54. The van der Waals surface area contributed by atoms with Crippen molar-refractivity contribution in [1.82, 2.24) is 15.0 Å². The molecular formula is C11H10FN3. The lowest BCUT2D eigenvalue weighted by molar-refractivity contribution is 0.622. The Labute approximate surface area is 86.5 Å². The molecule has 2 aromatic rings. The molecule has 0 atom stereocenters. The highest BCUT2D eigenvalue weighted by Gasteiger charge is 2.26. The van der Waals surface area contributed by atoms with Crippen LogP contribution in [0.4, 0.5) is 4.39 Å². The second-order valence-corrected chi connectivity index (χ2v) is 3.81. The highest BCUT2D eigenvalue weighted by Crippen LogP contribution is 2.38. The molecule has 1 aliphatic carbocycles. The standard InChI is InChI=1S/C11H10FN3/c12-9-2-1-3-10(6-9)15-13-7-11(14-15)8-4-5-8/h1-3,6-8H,4-5H2. The second-order valence-electron chi connectivity index (χ2n) is 3.81. The average molecular weight is 203 g/mol. The molecule has 0 spiro atoms. The minimum atomic E-state index is -0.266. The fraction of sp³-hybridized carbons (Fsp3) is 0.273. The zero-order valence-electron chi connectivity index (χ0n) is 8.10. The van der Waals surface area contributed by atoms with Crippen LogP contribution in [0, 0.1) is 5.82 Å². The lowest BCUT2D eigenvalue weighted by Gasteiger charge is -1.98. The molecular weight excluding hydrogens is 193 g/mol. The molecule has 15 heavy (non-hydrogen) atoms. The van der Waals surface area contributed by atoms with Crippen LogP contribution in [-0.4, -0.2) is 15.0 Å². The van der Waals surface area contributed by atoms with E-state index in [0.29, 0.717) is 11.6 Å². The Hall–Kier alpha value is -1.71. The van der Waals surface area contributed by atoms with E-state index in [-0.39, 0.29) is 5.82 Å². The first-order chi connectivity index (χ1) is 7.33. The maximum atomic E-state index is 13.0. The Balaban J connectivity index is 1.97. The van der Waals surface area contributed by atoms with Crippen molar-refractivity contribution < 1.29 is 4.39 Å². The molecule has 3 nitrogen and oxygen atoms in total. The molecule has 0 bridgehead atoms. The molecule has 0 radical (unpaired) electrons. The Kier molecular flexibility index (Phi) is 1.80. The van der Waals surface area contributed by atoms with E-state index < -0.39 is 0 Å². The summed E-state index contributed by atoms with van der Waals surface area (Å²) in [4.78, 5) is 1.48. The predicted octanol–water partition coefficient (Wildman–Crippen LogP) is 2.28. The molecule has 3 rings (SSSR count). The summed E-state index contributed by atoms with van der Waals surface area (Å²) in [6.07, 6.45) is 4.16. The van der Waals surface area contributed by atoms with Gasteiger partial charge in [-0.15, -0.1) is 0 Å². The first-order valence-electron chi connectivity index (χ1n) is 5.01. The zero-order valence-corrected chi connectivity index (χ0v) is 8.10. The van der Waals surface area contributed by atoms with Gasteiger partial charge in [-0.3, -0.25) is 0 Å². The van der Waals surface area contributed by atoms with Gasteiger partial charge in [0.1, 0.15) is 5.82 Å². The van der Waals surface area contributed by atoms with E-state index in [1.165, 1.54) is 29.8 Å². The average Bonchev–Trinajstić information content (AvgIpc) is 2.97. The third-order valence-corrected chi connectivity index (χ3v) is 2.54. The number of halogens is 1. The van der Waals surface area contributed by atoms with E-state index in [0.717, 1.165) is 5.69 Å². The smallest absolute Gasteiger partial charge is 0.125 e. The van der Waals surface area contributed by atoms with Crippen LogP contribution in [0.3, 0.4) is 0 Å². The quantitative estimate of drug-likeness (QED) is 0.749. The first-order valence-corrected chi connectivity index (χ1v) is 5.01. The summed E-state index contributed by atoms with van der Waals surface area (Å²) < 4.78 is 13.0. The highest BCUT2D eigenvalue weighted by molar-refractivity contribution is 5.29. The topological polar surface area (TPSA) is 30.7 Å². The summed E-state index contributed by atoms with van der Waals surface area (Å²) in [6, 6.07) is 6.29. The Bertz CT molecular complexity index is 488. The number of aromatic nitrogens is 3. The molecule has 0 N–H and O–H groups in total. The van der Waals surface area contributed by atoms with Gasteiger partial charge < -0.3 is 0 Å². The van der Waals surface area contributed by atoms with Crippen molar-refractivity contribution in [3.63, 3.8) is 0 Å². The van der Waals surface area contributed by atoms with Gasteiger partial charge in [-0.25, -0.2) is 4.39 Å². The molecule has 1 aromatic carbocycles. The molecule has 1 heterocycles. The number of benzene rings is 1. The monoisotopic (exact) mass is 203 g/mol. The summed E-state index contributed by atoms with van der Waals surface area (Å²) in [6.45, 7) is 0. The second kappa shape index (κ2) is 3.15. The minimum absolute atomic E-state index is 0.266. The lowest BCUT2D eigenvalue weighted by Crippen LogP contribution is -1.99. The minimum Gasteiger partial charge on any atom is -0.207 e. The molecule has 0 amide bonds. The summed E-state index contributed by atoms with van der Waals surface area (Å²) in [5.74, 6) is 0.310. The summed E-state index contributed by atoms with van der Waals surface area (Å²) in [5, 5.41) is 8.45. The van der Waals surface area contributed by atoms with Gasteiger partial charge in [0.2, 0.25) is 0 Å². The molecule has 0 aliphatic heterocycles. The molecule has 76 valence electrons. The third kappa shape index (κ3) is 1.63. The van der Waals surface area contributed by atoms with Crippen molar-refractivity contribution in [3.8, 4) is 5.69 Å². The van der Waals surface area contributed by atoms with Gasteiger partial charge in [0.15, 0.2) is 0 Å². The van der Waals surface area contributed by atoms with Crippen molar-refractivity contribution in [2.75, 3.05) is 0 Å². The van der Waals surface area contributed by atoms with Gasteiger partial charge in [-0.05, 0) is 25.0 Å². The Morgan fingerprint density at radius 1 is 1.33 bits per heavy atom. The maximum Gasteiger partial charge on any atom is 0.125 e. The van der Waals surface area contributed by atoms with Crippen molar-refractivity contribution in [2.45, 2.75) is 18.8 Å². The van der Waals surface area contributed by atoms with E-state index in [2.05, 4.69) is 10.2 Å². The molecule has 1 fully saturated rings. The largest absolute Gasteiger partial charge is 0.207 e. The van der Waals surface area contributed by atoms with Gasteiger partial charge in [0.05, 0.1) is 17.6 Å².